The van der Waals surface area contributed by atoms with Crippen LogP contribution in [0, 0.1) is 5.82 Å². The van der Waals surface area contributed by atoms with Crippen molar-refractivity contribution in [2.75, 3.05) is 37.7 Å². The van der Waals surface area contributed by atoms with E-state index in [-0.39, 0.29) is 24.8 Å². The third-order valence-electron chi connectivity index (χ3n) is 3.27. The molecule has 1 atom stereocenters. The lowest BCUT2D eigenvalue weighted by molar-refractivity contribution is 0.0885. The van der Waals surface area contributed by atoms with E-state index in [0.29, 0.717) is 18.7 Å². The lowest BCUT2D eigenvalue weighted by atomic mass is 10.1. The molecule has 0 bridgehead atoms. The van der Waals surface area contributed by atoms with E-state index in [1.165, 1.54) is 6.07 Å². The van der Waals surface area contributed by atoms with Crippen LogP contribution in [0.15, 0.2) is 12.3 Å². The zero-order valence-corrected chi connectivity index (χ0v) is 12.1. The predicted octanol–water partition coefficient (Wildman–Crippen LogP) is 0.338. The Hall–Kier alpha value is -0.950. The number of anilines is 1. The number of aromatic nitrogens is 1. The third kappa shape index (κ3) is 4.56. The lowest BCUT2D eigenvalue weighted by Gasteiger charge is -2.28. The standard InChI is InChI=1S/C13H20FN3O2.ClH/c14-12-7-10(1-2-11(19)9-18)8-16-13(12)17-5-3-15-4-6-17;/h7-8,11,15,18-19H,1-6,9H2;1H. The molecular formula is C13H21ClFN3O2. The smallest absolute Gasteiger partial charge is 0.165 e. The van der Waals surface area contributed by atoms with Gasteiger partial charge < -0.3 is 20.4 Å². The maximum absolute atomic E-state index is 14.0. The average Bonchev–Trinajstić information content (AvgIpc) is 2.45. The van der Waals surface area contributed by atoms with Crippen molar-refractivity contribution in [3.63, 3.8) is 0 Å². The number of hydrogen-bond donors (Lipinski definition) is 3. The molecule has 1 saturated heterocycles. The van der Waals surface area contributed by atoms with Gasteiger partial charge in [-0.05, 0) is 24.5 Å². The van der Waals surface area contributed by atoms with Crippen LogP contribution >= 0.6 is 12.4 Å². The van der Waals surface area contributed by atoms with Crippen LogP contribution in [0.5, 0.6) is 0 Å². The first-order valence-electron chi connectivity index (χ1n) is 6.59. The van der Waals surface area contributed by atoms with Gasteiger partial charge in [-0.15, -0.1) is 12.4 Å². The molecule has 7 heteroatoms. The highest BCUT2D eigenvalue weighted by molar-refractivity contribution is 5.85. The van der Waals surface area contributed by atoms with Crippen LogP contribution < -0.4 is 10.2 Å². The van der Waals surface area contributed by atoms with Crippen LogP contribution in [0.4, 0.5) is 10.2 Å². The number of aryl methyl sites for hydroxylation is 1. The number of aliphatic hydroxyl groups excluding tert-OH is 2. The fourth-order valence-electron chi connectivity index (χ4n) is 2.14. The molecular weight excluding hydrogens is 285 g/mol. The summed E-state index contributed by atoms with van der Waals surface area (Å²) in [5.74, 6) is 0.0749. The topological polar surface area (TPSA) is 68.6 Å². The Morgan fingerprint density at radius 2 is 2.10 bits per heavy atom. The molecule has 1 aliphatic rings. The Morgan fingerprint density at radius 3 is 2.70 bits per heavy atom. The number of pyridine rings is 1. The van der Waals surface area contributed by atoms with Crippen molar-refractivity contribution < 1.29 is 14.6 Å². The summed E-state index contributed by atoms with van der Waals surface area (Å²) >= 11 is 0. The van der Waals surface area contributed by atoms with E-state index >= 15 is 0 Å². The van der Waals surface area contributed by atoms with E-state index in [9.17, 15) is 9.50 Å². The predicted molar refractivity (Wildman–Crippen MR) is 77.9 cm³/mol. The normalized spacial score (nSPS) is 16.6. The van der Waals surface area contributed by atoms with Crippen LogP contribution in [0.1, 0.15) is 12.0 Å². The molecule has 0 aromatic carbocycles. The molecule has 3 N–H and O–H groups in total. The molecule has 2 rings (SSSR count). The van der Waals surface area contributed by atoms with Crippen LogP contribution in [0.2, 0.25) is 0 Å². The first-order chi connectivity index (χ1) is 9.20. The number of nitrogens with zero attached hydrogens (tertiary/aromatic N) is 2. The number of piperazine rings is 1. The first-order valence-corrected chi connectivity index (χ1v) is 6.59. The van der Waals surface area contributed by atoms with Gasteiger partial charge in [0.2, 0.25) is 0 Å². The van der Waals surface area contributed by atoms with E-state index < -0.39 is 6.10 Å². The minimum Gasteiger partial charge on any atom is -0.394 e. The van der Waals surface area contributed by atoms with Gasteiger partial charge in [0.25, 0.3) is 0 Å². The monoisotopic (exact) mass is 305 g/mol. The summed E-state index contributed by atoms with van der Waals surface area (Å²) < 4.78 is 14.0. The zero-order chi connectivity index (χ0) is 13.7. The number of halogens is 2. The molecule has 1 fully saturated rings. The van der Waals surface area contributed by atoms with Crippen molar-refractivity contribution in [3.8, 4) is 0 Å². The minimum atomic E-state index is -0.754. The van der Waals surface area contributed by atoms with Crippen molar-refractivity contribution in [2.24, 2.45) is 0 Å². The summed E-state index contributed by atoms with van der Waals surface area (Å²) in [6.45, 7) is 2.92. The average molecular weight is 306 g/mol. The van der Waals surface area contributed by atoms with Crippen LogP contribution in [0.25, 0.3) is 0 Å². The number of rotatable bonds is 5. The molecule has 1 aromatic heterocycles. The van der Waals surface area contributed by atoms with Gasteiger partial charge in [-0.1, -0.05) is 0 Å². The van der Waals surface area contributed by atoms with Crippen LogP contribution in [-0.2, 0) is 6.42 Å². The fraction of sp³-hybridized carbons (Fsp3) is 0.615. The van der Waals surface area contributed by atoms with Crippen molar-refractivity contribution in [3.05, 3.63) is 23.6 Å². The third-order valence-corrected chi connectivity index (χ3v) is 3.27. The van der Waals surface area contributed by atoms with Gasteiger partial charge in [0.1, 0.15) is 0 Å². The lowest BCUT2D eigenvalue weighted by Crippen LogP contribution is -2.44. The fourth-order valence-corrected chi connectivity index (χ4v) is 2.14. The first kappa shape index (κ1) is 17.1. The van der Waals surface area contributed by atoms with Crippen molar-refractivity contribution in [1.82, 2.24) is 10.3 Å². The Labute approximate surface area is 124 Å². The number of hydrogen-bond acceptors (Lipinski definition) is 5. The Kier molecular flexibility index (Phi) is 7.15. The van der Waals surface area contributed by atoms with Gasteiger partial charge in [0, 0.05) is 32.4 Å². The summed E-state index contributed by atoms with van der Waals surface area (Å²) in [7, 11) is 0. The Balaban J connectivity index is 0.00000200. The van der Waals surface area contributed by atoms with Crippen molar-refractivity contribution in [2.45, 2.75) is 18.9 Å². The van der Waals surface area contributed by atoms with Gasteiger partial charge in [-0.2, -0.15) is 0 Å². The largest absolute Gasteiger partial charge is 0.394 e. The molecule has 1 aromatic rings. The van der Waals surface area contributed by atoms with E-state index in [0.717, 1.165) is 31.7 Å². The highest BCUT2D eigenvalue weighted by Crippen LogP contribution is 2.18. The van der Waals surface area contributed by atoms with Crippen LogP contribution in [-0.4, -0.2) is 54.1 Å². The summed E-state index contributed by atoms with van der Waals surface area (Å²) in [5.41, 5.74) is 0.740. The molecule has 0 aliphatic carbocycles. The van der Waals surface area contributed by atoms with E-state index in [1.807, 2.05) is 4.90 Å². The van der Waals surface area contributed by atoms with Gasteiger partial charge in [-0.3, -0.25) is 0 Å². The van der Waals surface area contributed by atoms with E-state index in [4.69, 9.17) is 5.11 Å². The zero-order valence-electron chi connectivity index (χ0n) is 11.3. The summed E-state index contributed by atoms with van der Waals surface area (Å²) in [4.78, 5) is 6.11. The molecule has 1 unspecified atom stereocenters. The SMILES string of the molecule is Cl.OCC(O)CCc1cnc(N2CCNCC2)c(F)c1. The second kappa shape index (κ2) is 8.36. The summed E-state index contributed by atoms with van der Waals surface area (Å²) in [5, 5.41) is 21.2. The Bertz CT molecular complexity index is 417. The molecule has 5 nitrogen and oxygen atoms in total. The maximum atomic E-state index is 14.0. The van der Waals surface area contributed by atoms with Gasteiger partial charge >= 0.3 is 0 Å². The quantitative estimate of drug-likeness (QED) is 0.732. The molecule has 0 amide bonds. The second-order valence-electron chi connectivity index (χ2n) is 4.76. The second-order valence-corrected chi connectivity index (χ2v) is 4.76. The van der Waals surface area contributed by atoms with Crippen molar-refractivity contribution >= 4 is 18.2 Å². The van der Waals surface area contributed by atoms with Gasteiger partial charge in [0.05, 0.1) is 12.7 Å². The molecule has 0 radical (unpaired) electrons. The summed E-state index contributed by atoms with van der Waals surface area (Å²) in [6, 6.07) is 1.47. The van der Waals surface area contributed by atoms with Gasteiger partial charge in [-0.25, -0.2) is 9.37 Å². The van der Waals surface area contributed by atoms with E-state index in [1.54, 1.807) is 6.20 Å². The molecule has 1 aliphatic heterocycles. The molecule has 114 valence electrons. The number of nitrogens with one attached hydrogen (secondary N) is 1. The van der Waals surface area contributed by atoms with Crippen molar-refractivity contribution in [1.29, 1.82) is 0 Å². The summed E-state index contributed by atoms with van der Waals surface area (Å²) in [6.07, 6.45) is 1.80. The van der Waals surface area contributed by atoms with Crippen LogP contribution in [0.3, 0.4) is 0 Å². The molecule has 20 heavy (non-hydrogen) atoms. The molecule has 2 heterocycles. The minimum absolute atomic E-state index is 0. The van der Waals surface area contributed by atoms with E-state index in [2.05, 4.69) is 10.3 Å². The number of aliphatic hydroxyl groups is 2. The highest BCUT2D eigenvalue weighted by Gasteiger charge is 2.16. The molecule has 0 saturated carbocycles. The highest BCUT2D eigenvalue weighted by atomic mass is 35.5. The maximum Gasteiger partial charge on any atom is 0.165 e. The molecule has 0 spiro atoms. The van der Waals surface area contributed by atoms with Gasteiger partial charge in [0.15, 0.2) is 11.6 Å². The Morgan fingerprint density at radius 1 is 1.40 bits per heavy atom.